The highest BCUT2D eigenvalue weighted by Crippen LogP contribution is 2.20. The van der Waals surface area contributed by atoms with E-state index in [1.807, 2.05) is 6.07 Å². The van der Waals surface area contributed by atoms with E-state index in [9.17, 15) is 19.4 Å². The van der Waals surface area contributed by atoms with Crippen molar-refractivity contribution in [1.82, 2.24) is 5.32 Å². The summed E-state index contributed by atoms with van der Waals surface area (Å²) in [5.74, 6) is -0.552. The van der Waals surface area contributed by atoms with Crippen LogP contribution in [0.1, 0.15) is 38.0 Å². The zero-order valence-corrected chi connectivity index (χ0v) is 13.3. The van der Waals surface area contributed by atoms with Crippen molar-refractivity contribution in [3.63, 3.8) is 0 Å². The first-order valence-corrected chi connectivity index (χ1v) is 7.12. The molecule has 0 aliphatic heterocycles. The lowest BCUT2D eigenvalue weighted by Crippen LogP contribution is -2.38. The van der Waals surface area contributed by atoms with Gasteiger partial charge in [0.2, 0.25) is 0 Å². The minimum atomic E-state index is -1.33. The predicted molar refractivity (Wildman–Crippen MR) is 80.9 cm³/mol. The molecule has 2 atom stereocenters. The molecular formula is C16H21FN2O4. The number of alkyl carbamates (subject to hydrolysis) is 1. The maximum absolute atomic E-state index is 13.5. The Hall–Kier alpha value is -2.17. The van der Waals surface area contributed by atoms with Gasteiger partial charge >= 0.3 is 6.09 Å². The molecule has 3 N–H and O–H groups in total. The number of rotatable bonds is 5. The Morgan fingerprint density at radius 1 is 1.43 bits per heavy atom. The Morgan fingerprint density at radius 3 is 2.65 bits per heavy atom. The zero-order valence-electron chi connectivity index (χ0n) is 13.3. The van der Waals surface area contributed by atoms with Crippen molar-refractivity contribution in [2.45, 2.75) is 45.0 Å². The molecule has 0 aromatic heterocycles. The summed E-state index contributed by atoms with van der Waals surface area (Å²) >= 11 is 0. The Bertz CT molecular complexity index is 593. The topological polar surface area (TPSA) is 103 Å². The Kier molecular flexibility index (Phi) is 6.49. The van der Waals surface area contributed by atoms with E-state index in [4.69, 9.17) is 10.00 Å². The highest BCUT2D eigenvalue weighted by Gasteiger charge is 2.22. The summed E-state index contributed by atoms with van der Waals surface area (Å²) in [5, 5.41) is 31.0. The van der Waals surface area contributed by atoms with Crippen LogP contribution in [0.2, 0.25) is 0 Å². The first-order chi connectivity index (χ1) is 10.6. The molecule has 6 nitrogen and oxygen atoms in total. The largest absolute Gasteiger partial charge is 0.444 e. The lowest BCUT2D eigenvalue weighted by Gasteiger charge is -2.22. The highest BCUT2D eigenvalue weighted by molar-refractivity contribution is 5.67. The van der Waals surface area contributed by atoms with Gasteiger partial charge in [-0.2, -0.15) is 5.26 Å². The maximum Gasteiger partial charge on any atom is 0.407 e. The van der Waals surface area contributed by atoms with Gasteiger partial charge in [0.15, 0.2) is 0 Å². The van der Waals surface area contributed by atoms with E-state index in [1.54, 1.807) is 20.8 Å². The van der Waals surface area contributed by atoms with E-state index in [-0.39, 0.29) is 24.1 Å². The SMILES string of the molecule is CC(C)(C)OC(=O)NCC(O)C(O)c1ccc(F)c(CC#N)c1. The van der Waals surface area contributed by atoms with Gasteiger partial charge in [-0.3, -0.25) is 0 Å². The molecular weight excluding hydrogens is 303 g/mol. The van der Waals surface area contributed by atoms with E-state index >= 15 is 0 Å². The van der Waals surface area contributed by atoms with Crippen molar-refractivity contribution >= 4 is 6.09 Å². The molecule has 1 amide bonds. The molecule has 0 radical (unpaired) electrons. The van der Waals surface area contributed by atoms with Crippen molar-refractivity contribution in [1.29, 1.82) is 5.26 Å². The number of hydrogen-bond donors (Lipinski definition) is 3. The van der Waals surface area contributed by atoms with Gasteiger partial charge in [-0.1, -0.05) is 6.07 Å². The molecule has 126 valence electrons. The fraction of sp³-hybridized carbons (Fsp3) is 0.500. The van der Waals surface area contributed by atoms with Crippen LogP contribution in [0.4, 0.5) is 9.18 Å². The molecule has 23 heavy (non-hydrogen) atoms. The number of nitrogens with one attached hydrogen (secondary N) is 1. The molecule has 2 unspecified atom stereocenters. The standard InChI is InChI=1S/C16H21FN2O4/c1-16(2,3)23-15(22)19-9-13(20)14(21)11-4-5-12(17)10(8-11)6-7-18/h4-5,8,13-14,20-21H,6,9H2,1-3H3,(H,19,22). The molecule has 1 aromatic rings. The average Bonchev–Trinajstić information content (AvgIpc) is 2.44. The number of carbonyl (C=O) groups is 1. The van der Waals surface area contributed by atoms with Crippen LogP contribution < -0.4 is 5.32 Å². The minimum Gasteiger partial charge on any atom is -0.444 e. The summed E-state index contributed by atoms with van der Waals surface area (Å²) in [4.78, 5) is 11.5. The molecule has 0 bridgehead atoms. The van der Waals surface area contributed by atoms with Crippen LogP contribution >= 0.6 is 0 Å². The number of carbonyl (C=O) groups excluding carboxylic acids is 1. The van der Waals surface area contributed by atoms with E-state index < -0.39 is 29.7 Å². The Labute approximate surface area is 134 Å². The third-order valence-corrected chi connectivity index (χ3v) is 2.90. The molecule has 0 aliphatic carbocycles. The monoisotopic (exact) mass is 324 g/mol. The summed E-state index contributed by atoms with van der Waals surface area (Å²) in [7, 11) is 0. The lowest BCUT2D eigenvalue weighted by molar-refractivity contribution is 0.0129. The van der Waals surface area contributed by atoms with Gasteiger partial charge in [0.1, 0.15) is 23.6 Å². The second kappa shape index (κ2) is 7.90. The summed E-state index contributed by atoms with van der Waals surface area (Å²) in [5.41, 5.74) is -0.275. The van der Waals surface area contributed by atoms with Crippen molar-refractivity contribution in [3.05, 3.63) is 35.1 Å². The van der Waals surface area contributed by atoms with Gasteiger partial charge in [0, 0.05) is 12.1 Å². The first kappa shape index (κ1) is 18.9. The van der Waals surface area contributed by atoms with E-state index in [0.29, 0.717) is 0 Å². The number of nitrogens with zero attached hydrogens (tertiary/aromatic N) is 1. The van der Waals surface area contributed by atoms with Gasteiger partial charge in [-0.05, 0) is 38.5 Å². The third kappa shape index (κ3) is 6.22. The maximum atomic E-state index is 13.5. The van der Waals surface area contributed by atoms with Crippen molar-refractivity contribution in [2.75, 3.05) is 6.54 Å². The average molecular weight is 324 g/mol. The molecule has 1 aromatic carbocycles. The second-order valence-electron chi connectivity index (χ2n) is 6.08. The molecule has 0 saturated carbocycles. The Balaban J connectivity index is 2.66. The van der Waals surface area contributed by atoms with Crippen molar-refractivity contribution in [2.24, 2.45) is 0 Å². The number of ether oxygens (including phenoxy) is 1. The molecule has 0 heterocycles. The Morgan fingerprint density at radius 2 is 2.09 bits per heavy atom. The number of benzene rings is 1. The second-order valence-corrected chi connectivity index (χ2v) is 6.08. The summed E-state index contributed by atoms with van der Waals surface area (Å²) in [6, 6.07) is 5.58. The van der Waals surface area contributed by atoms with Crippen LogP contribution in [0.15, 0.2) is 18.2 Å². The van der Waals surface area contributed by atoms with Gasteiger partial charge in [0.05, 0.1) is 12.5 Å². The zero-order chi connectivity index (χ0) is 17.6. The molecule has 0 fully saturated rings. The number of aliphatic hydroxyl groups excluding tert-OH is 2. The van der Waals surface area contributed by atoms with Gasteiger partial charge in [-0.25, -0.2) is 9.18 Å². The van der Waals surface area contributed by atoms with Crippen molar-refractivity contribution in [3.8, 4) is 6.07 Å². The van der Waals surface area contributed by atoms with E-state index in [0.717, 1.165) is 6.07 Å². The van der Waals surface area contributed by atoms with Gasteiger partial charge in [-0.15, -0.1) is 0 Å². The van der Waals surface area contributed by atoms with Crippen LogP contribution in [0.25, 0.3) is 0 Å². The normalized spacial score (nSPS) is 13.8. The molecule has 0 saturated heterocycles. The number of hydrogen-bond acceptors (Lipinski definition) is 5. The fourth-order valence-corrected chi connectivity index (χ4v) is 1.84. The summed E-state index contributed by atoms with van der Waals surface area (Å²) < 4.78 is 18.5. The first-order valence-electron chi connectivity index (χ1n) is 7.12. The minimum absolute atomic E-state index is 0.136. The van der Waals surface area contributed by atoms with Crippen LogP contribution in [-0.2, 0) is 11.2 Å². The predicted octanol–water partition coefficient (Wildman–Crippen LogP) is 1.81. The fourth-order valence-electron chi connectivity index (χ4n) is 1.84. The summed E-state index contributed by atoms with van der Waals surface area (Å²) in [6.07, 6.45) is -3.49. The van der Waals surface area contributed by atoms with E-state index in [2.05, 4.69) is 5.32 Å². The van der Waals surface area contributed by atoms with Crippen LogP contribution in [0, 0.1) is 17.1 Å². The van der Waals surface area contributed by atoms with Crippen LogP contribution in [-0.4, -0.2) is 34.6 Å². The van der Waals surface area contributed by atoms with Crippen LogP contribution in [0.5, 0.6) is 0 Å². The van der Waals surface area contributed by atoms with E-state index in [1.165, 1.54) is 12.1 Å². The molecule has 0 aliphatic rings. The third-order valence-electron chi connectivity index (χ3n) is 2.90. The number of aliphatic hydroxyl groups is 2. The van der Waals surface area contributed by atoms with Gasteiger partial charge < -0.3 is 20.3 Å². The number of halogens is 1. The quantitative estimate of drug-likeness (QED) is 0.766. The molecule has 7 heteroatoms. The molecule has 0 spiro atoms. The highest BCUT2D eigenvalue weighted by atomic mass is 19.1. The summed E-state index contributed by atoms with van der Waals surface area (Å²) in [6.45, 7) is 4.87. The van der Waals surface area contributed by atoms with Crippen LogP contribution in [0.3, 0.4) is 0 Å². The van der Waals surface area contributed by atoms with Gasteiger partial charge in [0.25, 0.3) is 0 Å². The number of nitriles is 1. The smallest absolute Gasteiger partial charge is 0.407 e. The molecule has 1 rings (SSSR count). The lowest BCUT2D eigenvalue weighted by atomic mass is 10.0. The number of amides is 1. The van der Waals surface area contributed by atoms with Crippen molar-refractivity contribution < 1.29 is 24.1 Å².